The summed E-state index contributed by atoms with van der Waals surface area (Å²) in [5.41, 5.74) is 4.72. The van der Waals surface area contributed by atoms with Gasteiger partial charge in [-0.15, -0.1) is 0 Å². The first-order valence-electron chi connectivity index (χ1n) is 6.80. The van der Waals surface area contributed by atoms with E-state index in [-0.39, 0.29) is 0 Å². The number of para-hydroxylation sites is 2. The fourth-order valence-corrected chi connectivity index (χ4v) is 4.40. The van der Waals surface area contributed by atoms with Crippen molar-refractivity contribution in [2.45, 2.75) is 0 Å². The average molecular weight is 480 g/mol. The molecule has 0 saturated heterocycles. The average Bonchev–Trinajstić information content (AvgIpc) is 2.84. The Bertz CT molecular complexity index is 1020. The van der Waals surface area contributed by atoms with Gasteiger partial charge in [0.25, 0.3) is 0 Å². The van der Waals surface area contributed by atoms with E-state index in [1.165, 1.54) is 32.9 Å². The maximum Gasteiger partial charge on any atom is 0.0683 e. The fourth-order valence-electron chi connectivity index (χ4n) is 2.89. The van der Waals surface area contributed by atoms with Gasteiger partial charge in [0.2, 0.25) is 0 Å². The summed E-state index contributed by atoms with van der Waals surface area (Å²) >= 11 is 11.0. The zero-order valence-electron chi connectivity index (χ0n) is 11.4. The number of fused-ring (bicyclic) bond motifs is 3. The number of rotatable bonds is 1. The van der Waals surface area contributed by atoms with Crippen LogP contribution in [0.15, 0.2) is 69.6 Å². The monoisotopic (exact) mass is 477 g/mol. The smallest absolute Gasteiger partial charge is 0.0683 e. The van der Waals surface area contributed by atoms with Crippen molar-refractivity contribution in [1.82, 2.24) is 3.59 Å². The lowest BCUT2D eigenvalue weighted by molar-refractivity contribution is 1.45. The second kappa shape index (κ2) is 5.52. The molecular weight excluding hydrogens is 470 g/mol. The zero-order valence-corrected chi connectivity index (χ0v) is 16.1. The largest absolute Gasteiger partial charge is 0.275 e. The number of nitrogens with zero attached hydrogens (tertiary/aromatic N) is 1. The summed E-state index contributed by atoms with van der Waals surface area (Å²) in [7, 11) is 0. The molecule has 1 nitrogen and oxygen atoms in total. The number of aromatic nitrogens is 1. The summed E-state index contributed by atoms with van der Waals surface area (Å²) in [5.74, 6) is 0. The van der Waals surface area contributed by atoms with Crippen molar-refractivity contribution in [3.8, 4) is 11.1 Å². The Hall–Kier alpha value is -1.10. The first-order chi connectivity index (χ1) is 10.7. The molecule has 4 heteroatoms. The Morgan fingerprint density at radius 3 is 2.36 bits per heavy atom. The predicted octanol–water partition coefficient (Wildman–Crippen LogP) is 7.14. The Kier molecular flexibility index (Phi) is 3.63. The standard InChI is InChI=1S/C18H10Br3N/c19-11-8-9-16(20)15(10-11)14-6-3-5-13-12-4-1-2-7-17(12)22(21)18(13)14/h1-10H. The molecule has 0 atom stereocenters. The second-order valence-corrected chi connectivity index (χ2v) is 7.60. The van der Waals surface area contributed by atoms with Crippen molar-refractivity contribution in [2.24, 2.45) is 0 Å². The van der Waals surface area contributed by atoms with Crippen LogP contribution in [0.2, 0.25) is 0 Å². The summed E-state index contributed by atoms with van der Waals surface area (Å²) in [6, 6.07) is 21.1. The van der Waals surface area contributed by atoms with Gasteiger partial charge in [0.15, 0.2) is 0 Å². The minimum absolute atomic E-state index is 1.07. The molecule has 108 valence electrons. The molecule has 3 aromatic carbocycles. The molecule has 0 spiro atoms. The molecule has 4 rings (SSSR count). The lowest BCUT2D eigenvalue weighted by atomic mass is 10.0. The molecule has 0 bridgehead atoms. The van der Waals surface area contributed by atoms with Crippen LogP contribution in [0, 0.1) is 0 Å². The van der Waals surface area contributed by atoms with Crippen LogP contribution < -0.4 is 0 Å². The van der Waals surface area contributed by atoms with Crippen LogP contribution in [0.3, 0.4) is 0 Å². The zero-order chi connectivity index (χ0) is 15.3. The SMILES string of the molecule is Brc1ccc(Br)c(-c2cccc3c4ccccc4n(Br)c23)c1. The van der Waals surface area contributed by atoms with Gasteiger partial charge < -0.3 is 0 Å². The van der Waals surface area contributed by atoms with Crippen LogP contribution in [0.1, 0.15) is 0 Å². The molecule has 0 aliphatic carbocycles. The summed E-state index contributed by atoms with van der Waals surface area (Å²) < 4.78 is 4.25. The van der Waals surface area contributed by atoms with Crippen LogP contribution in [0.25, 0.3) is 32.9 Å². The van der Waals surface area contributed by atoms with Gasteiger partial charge in [0.1, 0.15) is 0 Å². The summed E-state index contributed by atoms with van der Waals surface area (Å²) in [6.07, 6.45) is 0. The summed E-state index contributed by atoms with van der Waals surface area (Å²) in [6.45, 7) is 0. The highest BCUT2D eigenvalue weighted by molar-refractivity contribution is 9.11. The first-order valence-corrected chi connectivity index (χ1v) is 9.10. The van der Waals surface area contributed by atoms with E-state index in [2.05, 4.69) is 106 Å². The van der Waals surface area contributed by atoms with E-state index in [0.717, 1.165) is 8.95 Å². The van der Waals surface area contributed by atoms with Gasteiger partial charge in [-0.1, -0.05) is 68.3 Å². The Labute approximate surface area is 153 Å². The Balaban J connectivity index is 2.18. The lowest BCUT2D eigenvalue weighted by Crippen LogP contribution is -1.86. The fraction of sp³-hybridized carbons (Fsp3) is 0. The van der Waals surface area contributed by atoms with Gasteiger partial charge in [-0.25, -0.2) is 0 Å². The van der Waals surface area contributed by atoms with Crippen molar-refractivity contribution < 1.29 is 0 Å². The van der Waals surface area contributed by atoms with Crippen LogP contribution in [0.5, 0.6) is 0 Å². The van der Waals surface area contributed by atoms with Crippen molar-refractivity contribution >= 4 is 69.8 Å². The number of hydrogen-bond acceptors (Lipinski definition) is 0. The molecule has 22 heavy (non-hydrogen) atoms. The highest BCUT2D eigenvalue weighted by Gasteiger charge is 2.15. The Morgan fingerprint density at radius 1 is 0.727 bits per heavy atom. The minimum Gasteiger partial charge on any atom is -0.275 e. The Morgan fingerprint density at radius 2 is 1.50 bits per heavy atom. The molecule has 0 radical (unpaired) electrons. The molecule has 1 heterocycles. The van der Waals surface area contributed by atoms with Crippen molar-refractivity contribution in [3.05, 3.63) is 69.6 Å². The van der Waals surface area contributed by atoms with Crippen LogP contribution in [0.4, 0.5) is 0 Å². The van der Waals surface area contributed by atoms with E-state index in [4.69, 9.17) is 0 Å². The minimum atomic E-state index is 1.07. The summed E-state index contributed by atoms with van der Waals surface area (Å²) in [4.78, 5) is 0. The molecule has 4 aromatic rings. The molecule has 1 aromatic heterocycles. The lowest BCUT2D eigenvalue weighted by Gasteiger charge is -2.08. The normalized spacial score (nSPS) is 11.4. The second-order valence-electron chi connectivity index (χ2n) is 5.12. The van der Waals surface area contributed by atoms with Gasteiger partial charge in [-0.3, -0.25) is 3.59 Å². The number of benzene rings is 3. The first kappa shape index (κ1) is 14.5. The van der Waals surface area contributed by atoms with Crippen LogP contribution >= 0.6 is 48.0 Å². The number of halogens is 3. The third-order valence-electron chi connectivity index (χ3n) is 3.86. The van der Waals surface area contributed by atoms with Crippen molar-refractivity contribution in [2.75, 3.05) is 0 Å². The molecule has 0 amide bonds. The molecule has 0 unspecified atom stereocenters. The van der Waals surface area contributed by atoms with Crippen molar-refractivity contribution in [1.29, 1.82) is 0 Å². The van der Waals surface area contributed by atoms with Crippen LogP contribution in [-0.2, 0) is 0 Å². The molecular formula is C18H10Br3N. The van der Waals surface area contributed by atoms with E-state index >= 15 is 0 Å². The molecule has 0 saturated carbocycles. The van der Waals surface area contributed by atoms with E-state index in [0.29, 0.717) is 0 Å². The van der Waals surface area contributed by atoms with E-state index in [1.807, 2.05) is 6.07 Å². The molecule has 0 aliphatic heterocycles. The van der Waals surface area contributed by atoms with Gasteiger partial charge >= 0.3 is 0 Å². The highest BCUT2D eigenvalue weighted by atomic mass is 79.9. The maximum absolute atomic E-state index is 3.73. The maximum atomic E-state index is 3.73. The van der Waals surface area contributed by atoms with E-state index in [9.17, 15) is 0 Å². The third kappa shape index (κ3) is 2.16. The summed E-state index contributed by atoms with van der Waals surface area (Å²) in [5, 5.41) is 2.50. The molecule has 0 aliphatic rings. The van der Waals surface area contributed by atoms with Gasteiger partial charge in [-0.05, 0) is 29.8 Å². The third-order valence-corrected chi connectivity index (χ3v) is 5.78. The quantitative estimate of drug-likeness (QED) is 0.273. The number of hydrogen-bond donors (Lipinski definition) is 0. The van der Waals surface area contributed by atoms with Gasteiger partial charge in [-0.2, -0.15) is 0 Å². The van der Waals surface area contributed by atoms with Crippen molar-refractivity contribution in [3.63, 3.8) is 0 Å². The molecule has 0 N–H and O–H groups in total. The van der Waals surface area contributed by atoms with Gasteiger partial charge in [0.05, 0.1) is 27.2 Å². The van der Waals surface area contributed by atoms with Gasteiger partial charge in [0, 0.05) is 25.3 Å². The topological polar surface area (TPSA) is 4.93 Å². The van der Waals surface area contributed by atoms with E-state index < -0.39 is 0 Å². The van der Waals surface area contributed by atoms with Crippen LogP contribution in [-0.4, -0.2) is 3.59 Å². The highest BCUT2D eigenvalue weighted by Crippen LogP contribution is 2.40. The molecule has 0 fully saturated rings. The van der Waals surface area contributed by atoms with E-state index in [1.54, 1.807) is 0 Å². The predicted molar refractivity (Wildman–Crippen MR) is 105 cm³/mol.